The number of benzene rings is 2. The molecule has 1 N–H and O–H groups in total. The van der Waals surface area contributed by atoms with Crippen molar-refractivity contribution in [3.8, 4) is 17.2 Å². The van der Waals surface area contributed by atoms with Gasteiger partial charge in [0.25, 0.3) is 0 Å². The van der Waals surface area contributed by atoms with E-state index in [1.165, 1.54) is 21.3 Å². The number of aromatic nitrogens is 1. The van der Waals surface area contributed by atoms with Crippen molar-refractivity contribution in [1.29, 1.82) is 0 Å². The first kappa shape index (κ1) is 19.0. The minimum atomic E-state index is -0.736. The smallest absolute Gasteiger partial charge is 0.354 e. The molecule has 0 bridgehead atoms. The van der Waals surface area contributed by atoms with Crippen molar-refractivity contribution < 1.29 is 28.2 Å². The fraction of sp³-hybridized carbons (Fsp3) is 0.150. The number of oxazole rings is 1. The number of carbonyl (C=O) groups excluding carboxylic acids is 2. The molecule has 3 rings (SSSR count). The van der Waals surface area contributed by atoms with Crippen LogP contribution in [0.3, 0.4) is 0 Å². The molecule has 0 saturated carbocycles. The van der Waals surface area contributed by atoms with Gasteiger partial charge in [-0.1, -0.05) is 12.1 Å². The van der Waals surface area contributed by atoms with Crippen molar-refractivity contribution in [2.45, 2.75) is 0 Å². The predicted molar refractivity (Wildman–Crippen MR) is 102 cm³/mol. The zero-order valence-electron chi connectivity index (χ0n) is 15.5. The van der Waals surface area contributed by atoms with Crippen LogP contribution in [-0.4, -0.2) is 38.3 Å². The first-order valence-corrected chi connectivity index (χ1v) is 8.24. The number of rotatable bonds is 6. The number of para-hydroxylation sites is 2. The van der Waals surface area contributed by atoms with Crippen molar-refractivity contribution in [3.05, 3.63) is 54.2 Å². The van der Waals surface area contributed by atoms with Gasteiger partial charge in [0, 0.05) is 5.56 Å². The highest BCUT2D eigenvalue weighted by Crippen LogP contribution is 2.32. The Labute approximate surface area is 160 Å². The Hall–Kier alpha value is -3.81. The molecule has 1 aromatic heterocycles. The zero-order valence-corrected chi connectivity index (χ0v) is 15.5. The lowest BCUT2D eigenvalue weighted by Gasteiger charge is -2.13. The second-order valence-corrected chi connectivity index (χ2v) is 5.60. The lowest BCUT2D eigenvalue weighted by atomic mass is 10.1. The van der Waals surface area contributed by atoms with E-state index in [1.807, 2.05) is 24.3 Å². The lowest BCUT2D eigenvalue weighted by Crippen LogP contribution is -2.16. The SMILES string of the molecule is COC(=O)/C=C(/Nc1cc(-c2nc3ccccc3o2)ccc1OC)C(=O)OC. The number of anilines is 1. The van der Waals surface area contributed by atoms with Crippen molar-refractivity contribution in [1.82, 2.24) is 4.98 Å². The van der Waals surface area contributed by atoms with E-state index in [9.17, 15) is 9.59 Å². The summed E-state index contributed by atoms with van der Waals surface area (Å²) in [5, 5.41) is 2.85. The first-order chi connectivity index (χ1) is 13.5. The third kappa shape index (κ3) is 3.96. The van der Waals surface area contributed by atoms with Gasteiger partial charge in [0.15, 0.2) is 5.58 Å². The van der Waals surface area contributed by atoms with Gasteiger partial charge in [0.05, 0.1) is 33.1 Å². The van der Waals surface area contributed by atoms with E-state index in [2.05, 4.69) is 15.0 Å². The Balaban J connectivity index is 2.01. The second kappa shape index (κ2) is 8.26. The second-order valence-electron chi connectivity index (χ2n) is 5.60. The van der Waals surface area contributed by atoms with Crippen LogP contribution in [0.5, 0.6) is 5.75 Å². The van der Waals surface area contributed by atoms with Crippen molar-refractivity contribution >= 4 is 28.7 Å². The highest BCUT2D eigenvalue weighted by atomic mass is 16.5. The molecule has 8 heteroatoms. The average Bonchev–Trinajstić information content (AvgIpc) is 3.16. The number of hydrogen-bond acceptors (Lipinski definition) is 8. The van der Waals surface area contributed by atoms with Gasteiger partial charge in [-0.05, 0) is 30.3 Å². The molecule has 28 heavy (non-hydrogen) atoms. The molecule has 0 aliphatic rings. The summed E-state index contributed by atoms with van der Waals surface area (Å²) >= 11 is 0. The molecule has 0 atom stereocenters. The summed E-state index contributed by atoms with van der Waals surface area (Å²) in [7, 11) is 3.91. The van der Waals surface area contributed by atoms with Gasteiger partial charge in [-0.3, -0.25) is 0 Å². The quantitative estimate of drug-likeness (QED) is 0.513. The zero-order chi connectivity index (χ0) is 20.1. The van der Waals surface area contributed by atoms with Crippen molar-refractivity contribution in [3.63, 3.8) is 0 Å². The number of nitrogens with one attached hydrogen (secondary N) is 1. The summed E-state index contributed by atoms with van der Waals surface area (Å²) in [5.41, 5.74) is 2.35. The van der Waals surface area contributed by atoms with Crippen LogP contribution in [-0.2, 0) is 19.1 Å². The molecule has 1 heterocycles. The van der Waals surface area contributed by atoms with Gasteiger partial charge in [0.1, 0.15) is 17.0 Å². The van der Waals surface area contributed by atoms with E-state index in [0.717, 1.165) is 11.6 Å². The maximum atomic E-state index is 12.0. The molecule has 0 spiro atoms. The maximum Gasteiger partial charge on any atom is 0.354 e. The monoisotopic (exact) mass is 382 g/mol. The summed E-state index contributed by atoms with van der Waals surface area (Å²) in [4.78, 5) is 28.0. The van der Waals surface area contributed by atoms with Gasteiger partial charge in [-0.2, -0.15) is 0 Å². The molecule has 0 fully saturated rings. The van der Waals surface area contributed by atoms with Crippen LogP contribution < -0.4 is 10.1 Å². The van der Waals surface area contributed by atoms with Crippen LogP contribution in [0.1, 0.15) is 0 Å². The van der Waals surface area contributed by atoms with Crippen LogP contribution in [0.15, 0.2) is 58.7 Å². The van der Waals surface area contributed by atoms with Crippen LogP contribution in [0.4, 0.5) is 5.69 Å². The Morgan fingerprint density at radius 1 is 1.07 bits per heavy atom. The Bertz CT molecular complexity index is 1020. The molecule has 0 aliphatic carbocycles. The molecule has 0 amide bonds. The fourth-order valence-electron chi connectivity index (χ4n) is 2.51. The third-order valence-corrected chi connectivity index (χ3v) is 3.88. The molecule has 0 aliphatic heterocycles. The molecular formula is C20H18N2O6. The van der Waals surface area contributed by atoms with E-state index in [0.29, 0.717) is 28.5 Å². The first-order valence-electron chi connectivity index (χ1n) is 8.24. The van der Waals surface area contributed by atoms with Gasteiger partial charge < -0.3 is 23.9 Å². The van der Waals surface area contributed by atoms with Crippen molar-refractivity contribution in [2.75, 3.05) is 26.6 Å². The number of methoxy groups -OCH3 is 3. The van der Waals surface area contributed by atoms with Crippen molar-refractivity contribution in [2.24, 2.45) is 0 Å². The highest BCUT2D eigenvalue weighted by molar-refractivity contribution is 5.99. The molecule has 2 aromatic carbocycles. The summed E-state index contributed by atoms with van der Waals surface area (Å²) < 4.78 is 20.4. The standard InChI is InChI=1S/C20H18N2O6/c1-25-16-9-8-12(19-22-13-6-4-5-7-17(13)28-19)10-14(16)21-15(20(24)27-3)11-18(23)26-2/h4-11,21H,1-3H3/b15-11+. The number of carbonyl (C=O) groups is 2. The number of ether oxygens (including phenoxy) is 3. The third-order valence-electron chi connectivity index (χ3n) is 3.88. The number of fused-ring (bicyclic) bond motifs is 1. The van der Waals surface area contributed by atoms with Crippen LogP contribution in [0.2, 0.25) is 0 Å². The Morgan fingerprint density at radius 2 is 1.86 bits per heavy atom. The predicted octanol–water partition coefficient (Wildman–Crippen LogP) is 3.15. The molecule has 0 saturated heterocycles. The van der Waals surface area contributed by atoms with E-state index >= 15 is 0 Å². The van der Waals surface area contributed by atoms with Crippen LogP contribution in [0.25, 0.3) is 22.6 Å². The Kier molecular flexibility index (Phi) is 5.59. The summed E-state index contributed by atoms with van der Waals surface area (Å²) in [6.07, 6.45) is 0.997. The molecular weight excluding hydrogens is 364 g/mol. The molecule has 0 radical (unpaired) electrons. The fourth-order valence-corrected chi connectivity index (χ4v) is 2.51. The van der Waals surface area contributed by atoms with Gasteiger partial charge in [-0.25, -0.2) is 14.6 Å². The molecule has 3 aromatic rings. The topological polar surface area (TPSA) is 99.9 Å². The summed E-state index contributed by atoms with van der Waals surface area (Å²) in [6.45, 7) is 0. The number of esters is 2. The normalized spacial score (nSPS) is 11.2. The van der Waals surface area contributed by atoms with Crippen LogP contribution >= 0.6 is 0 Å². The van der Waals surface area contributed by atoms with E-state index in [1.54, 1.807) is 18.2 Å². The maximum absolute atomic E-state index is 12.0. The number of nitrogens with zero attached hydrogens (tertiary/aromatic N) is 1. The van der Waals surface area contributed by atoms with E-state index in [-0.39, 0.29) is 5.70 Å². The largest absolute Gasteiger partial charge is 0.495 e. The lowest BCUT2D eigenvalue weighted by molar-refractivity contribution is -0.138. The minimum absolute atomic E-state index is 0.109. The molecule has 144 valence electrons. The van der Waals surface area contributed by atoms with Gasteiger partial charge >= 0.3 is 11.9 Å². The average molecular weight is 382 g/mol. The summed E-state index contributed by atoms with van der Waals surface area (Å²) in [5.74, 6) is -0.593. The Morgan fingerprint density at radius 3 is 2.54 bits per heavy atom. The van der Waals surface area contributed by atoms with Crippen LogP contribution in [0, 0.1) is 0 Å². The van der Waals surface area contributed by atoms with Gasteiger partial charge in [0.2, 0.25) is 5.89 Å². The summed E-state index contributed by atoms with van der Waals surface area (Å²) in [6, 6.07) is 12.6. The number of hydrogen-bond donors (Lipinski definition) is 1. The highest BCUT2D eigenvalue weighted by Gasteiger charge is 2.17. The molecule has 0 unspecified atom stereocenters. The molecule has 8 nitrogen and oxygen atoms in total. The van der Waals surface area contributed by atoms with E-state index < -0.39 is 11.9 Å². The van der Waals surface area contributed by atoms with E-state index in [4.69, 9.17) is 13.9 Å². The minimum Gasteiger partial charge on any atom is -0.495 e. The van der Waals surface area contributed by atoms with Gasteiger partial charge in [-0.15, -0.1) is 0 Å².